The van der Waals surface area contributed by atoms with Gasteiger partial charge in [-0.1, -0.05) is 19.3 Å². The highest BCUT2D eigenvalue weighted by Crippen LogP contribution is 2.24. The average molecular weight is 371 g/mol. The van der Waals surface area contributed by atoms with Gasteiger partial charge in [0.2, 0.25) is 0 Å². The van der Waals surface area contributed by atoms with Crippen LogP contribution in [-0.2, 0) is 9.47 Å². The largest absolute Gasteiger partial charge is 0.444 e. The molecular formula is C20H38N2O4. The van der Waals surface area contributed by atoms with Crippen LogP contribution in [0.5, 0.6) is 0 Å². The highest BCUT2D eigenvalue weighted by Gasteiger charge is 2.29. The summed E-state index contributed by atoms with van der Waals surface area (Å²) in [7, 11) is 1.73. The first kappa shape index (κ1) is 22.6. The SMILES string of the molecule is CN(CCCN(C(=O)OC(C)(C)C)C1CCCCC1)C(=O)OC(C)(C)C. The van der Waals surface area contributed by atoms with Crippen LogP contribution in [0, 0.1) is 0 Å². The number of rotatable bonds is 5. The highest BCUT2D eigenvalue weighted by molar-refractivity contribution is 5.69. The van der Waals surface area contributed by atoms with E-state index >= 15 is 0 Å². The van der Waals surface area contributed by atoms with Crippen molar-refractivity contribution >= 4 is 12.2 Å². The maximum Gasteiger partial charge on any atom is 0.410 e. The second kappa shape index (κ2) is 9.47. The topological polar surface area (TPSA) is 59.1 Å². The third-order valence-corrected chi connectivity index (χ3v) is 4.24. The van der Waals surface area contributed by atoms with E-state index in [1.807, 2.05) is 46.4 Å². The van der Waals surface area contributed by atoms with Crippen LogP contribution in [0.15, 0.2) is 0 Å². The lowest BCUT2D eigenvalue weighted by Crippen LogP contribution is -2.45. The summed E-state index contributed by atoms with van der Waals surface area (Å²) in [5, 5.41) is 0. The van der Waals surface area contributed by atoms with E-state index in [4.69, 9.17) is 9.47 Å². The molecule has 0 aromatic carbocycles. The van der Waals surface area contributed by atoms with Crippen LogP contribution in [0.25, 0.3) is 0 Å². The van der Waals surface area contributed by atoms with Crippen molar-refractivity contribution < 1.29 is 19.1 Å². The first-order valence-corrected chi connectivity index (χ1v) is 9.83. The maximum absolute atomic E-state index is 12.7. The zero-order valence-corrected chi connectivity index (χ0v) is 17.8. The number of ether oxygens (including phenoxy) is 2. The van der Waals surface area contributed by atoms with Crippen molar-refractivity contribution in [3.05, 3.63) is 0 Å². The van der Waals surface area contributed by atoms with E-state index in [9.17, 15) is 9.59 Å². The summed E-state index contributed by atoms with van der Waals surface area (Å²) in [4.78, 5) is 28.1. The summed E-state index contributed by atoms with van der Waals surface area (Å²) in [6, 6.07) is 0.241. The molecule has 0 aromatic heterocycles. The summed E-state index contributed by atoms with van der Waals surface area (Å²) < 4.78 is 11.0. The van der Waals surface area contributed by atoms with Crippen LogP contribution in [0.4, 0.5) is 9.59 Å². The molecule has 1 saturated carbocycles. The highest BCUT2D eigenvalue weighted by atomic mass is 16.6. The number of carbonyl (C=O) groups is 2. The minimum atomic E-state index is -0.504. The van der Waals surface area contributed by atoms with E-state index in [1.54, 1.807) is 11.9 Å². The predicted molar refractivity (Wildman–Crippen MR) is 103 cm³/mol. The Hall–Kier alpha value is -1.46. The number of amides is 2. The molecule has 6 heteroatoms. The molecule has 1 rings (SSSR count). The first-order valence-electron chi connectivity index (χ1n) is 9.83. The molecule has 152 valence electrons. The van der Waals surface area contributed by atoms with E-state index in [0.717, 1.165) is 25.7 Å². The van der Waals surface area contributed by atoms with Crippen LogP contribution < -0.4 is 0 Å². The Bertz CT molecular complexity index is 459. The number of carbonyl (C=O) groups excluding carboxylic acids is 2. The van der Waals surface area contributed by atoms with Crippen LogP contribution >= 0.6 is 0 Å². The molecule has 26 heavy (non-hydrogen) atoms. The van der Waals surface area contributed by atoms with E-state index in [-0.39, 0.29) is 18.2 Å². The van der Waals surface area contributed by atoms with E-state index in [1.165, 1.54) is 6.42 Å². The van der Waals surface area contributed by atoms with Gasteiger partial charge in [-0.15, -0.1) is 0 Å². The molecule has 0 atom stereocenters. The van der Waals surface area contributed by atoms with Crippen LogP contribution in [-0.4, -0.2) is 59.4 Å². The maximum atomic E-state index is 12.7. The van der Waals surface area contributed by atoms with Crippen molar-refractivity contribution in [2.24, 2.45) is 0 Å². The van der Waals surface area contributed by atoms with Gasteiger partial charge in [-0.3, -0.25) is 0 Å². The fourth-order valence-electron chi connectivity index (χ4n) is 3.05. The fraction of sp³-hybridized carbons (Fsp3) is 0.900. The van der Waals surface area contributed by atoms with Crippen LogP contribution in [0.3, 0.4) is 0 Å². The average Bonchev–Trinajstić information content (AvgIpc) is 2.48. The summed E-state index contributed by atoms with van der Waals surface area (Å²) in [6.45, 7) is 12.4. The molecule has 1 aliphatic carbocycles. The molecule has 0 spiro atoms. The van der Waals surface area contributed by atoms with Gasteiger partial charge >= 0.3 is 12.2 Å². The molecule has 0 heterocycles. The van der Waals surface area contributed by atoms with Crippen molar-refractivity contribution in [2.45, 2.75) is 97.3 Å². The Kier molecular flexibility index (Phi) is 8.22. The van der Waals surface area contributed by atoms with Gasteiger partial charge in [0.15, 0.2) is 0 Å². The Morgan fingerprint density at radius 2 is 1.35 bits per heavy atom. The Labute approximate surface area is 159 Å². The lowest BCUT2D eigenvalue weighted by atomic mass is 9.94. The molecule has 0 saturated heterocycles. The van der Waals surface area contributed by atoms with Crippen molar-refractivity contribution in [3.8, 4) is 0 Å². The normalized spacial score (nSPS) is 16.1. The zero-order valence-electron chi connectivity index (χ0n) is 17.8. The smallest absolute Gasteiger partial charge is 0.410 e. The lowest BCUT2D eigenvalue weighted by molar-refractivity contribution is 0.0107. The van der Waals surface area contributed by atoms with Gasteiger partial charge in [-0.25, -0.2) is 9.59 Å². The molecular weight excluding hydrogens is 332 g/mol. The van der Waals surface area contributed by atoms with Crippen molar-refractivity contribution in [2.75, 3.05) is 20.1 Å². The molecule has 0 radical (unpaired) electrons. The second-order valence-electron chi connectivity index (χ2n) is 9.22. The number of nitrogens with zero attached hydrogens (tertiary/aromatic N) is 2. The van der Waals surface area contributed by atoms with E-state index in [2.05, 4.69) is 0 Å². The van der Waals surface area contributed by atoms with Gasteiger partial charge < -0.3 is 19.3 Å². The van der Waals surface area contributed by atoms with E-state index in [0.29, 0.717) is 19.5 Å². The molecule has 0 aliphatic heterocycles. The van der Waals surface area contributed by atoms with Gasteiger partial charge in [-0.05, 0) is 60.8 Å². The summed E-state index contributed by atoms with van der Waals surface area (Å²) in [6.07, 6.45) is 5.72. The van der Waals surface area contributed by atoms with Crippen LogP contribution in [0.2, 0.25) is 0 Å². The molecule has 0 bridgehead atoms. The fourth-order valence-corrected chi connectivity index (χ4v) is 3.05. The molecule has 0 aromatic rings. The molecule has 2 amide bonds. The monoisotopic (exact) mass is 370 g/mol. The Balaban J connectivity index is 2.59. The second-order valence-corrected chi connectivity index (χ2v) is 9.22. The summed E-state index contributed by atoms with van der Waals surface area (Å²) in [5.41, 5.74) is -1.01. The number of hydrogen-bond donors (Lipinski definition) is 0. The summed E-state index contributed by atoms with van der Waals surface area (Å²) in [5.74, 6) is 0. The standard InChI is InChI=1S/C20H38N2O4/c1-19(2,3)25-17(23)21(7)14-11-15-22(16-12-9-8-10-13-16)18(24)26-20(4,5)6/h16H,8-15H2,1-7H3. The van der Waals surface area contributed by atoms with Gasteiger partial charge in [0.25, 0.3) is 0 Å². The minimum absolute atomic E-state index is 0.241. The quantitative estimate of drug-likeness (QED) is 0.696. The molecule has 1 aliphatic rings. The van der Waals surface area contributed by atoms with Gasteiger partial charge in [0.05, 0.1) is 0 Å². The molecule has 1 fully saturated rings. The third-order valence-electron chi connectivity index (χ3n) is 4.24. The molecule has 6 nitrogen and oxygen atoms in total. The lowest BCUT2D eigenvalue weighted by Gasteiger charge is -2.36. The van der Waals surface area contributed by atoms with Crippen LogP contribution in [0.1, 0.15) is 80.1 Å². The van der Waals surface area contributed by atoms with E-state index < -0.39 is 11.2 Å². The predicted octanol–water partition coefficient (Wildman–Crippen LogP) is 4.81. The van der Waals surface area contributed by atoms with Gasteiger partial charge in [0.1, 0.15) is 11.2 Å². The number of hydrogen-bond acceptors (Lipinski definition) is 4. The van der Waals surface area contributed by atoms with Crippen molar-refractivity contribution in [3.63, 3.8) is 0 Å². The Morgan fingerprint density at radius 3 is 1.85 bits per heavy atom. The summed E-state index contributed by atoms with van der Waals surface area (Å²) >= 11 is 0. The first-order chi connectivity index (χ1) is 11.9. The molecule has 0 unspecified atom stereocenters. The zero-order chi connectivity index (χ0) is 20.0. The van der Waals surface area contributed by atoms with Gasteiger partial charge in [0, 0.05) is 26.2 Å². The van der Waals surface area contributed by atoms with Crippen molar-refractivity contribution in [1.82, 2.24) is 9.80 Å². The van der Waals surface area contributed by atoms with Crippen molar-refractivity contribution in [1.29, 1.82) is 0 Å². The minimum Gasteiger partial charge on any atom is -0.444 e. The van der Waals surface area contributed by atoms with Gasteiger partial charge in [-0.2, -0.15) is 0 Å². The molecule has 0 N–H and O–H groups in total. The third kappa shape index (κ3) is 8.77. The Morgan fingerprint density at radius 1 is 0.846 bits per heavy atom.